The average Bonchev–Trinajstić information content (AvgIpc) is 0.767. The molecule has 0 amide bonds. The van der Waals surface area contributed by atoms with Crippen LogP contribution in [-0.2, 0) is 44.6 Å². The molecule has 0 saturated carbocycles. The second kappa shape index (κ2) is 47.5. The van der Waals surface area contributed by atoms with Crippen LogP contribution in [0.4, 0.5) is 17.6 Å². The van der Waals surface area contributed by atoms with E-state index in [1.807, 2.05) is 54.6 Å². The Morgan fingerprint density at radius 3 is 0.977 bits per heavy atom. The molecule has 0 spiro atoms. The molecule has 16 rings (SSSR count). The Hall–Kier alpha value is -12.6. The van der Waals surface area contributed by atoms with E-state index in [1.165, 1.54) is 83.0 Å². The topological polar surface area (TPSA) is 286 Å². The molecule has 0 aliphatic rings. The molecule has 678 valence electrons. The molecule has 0 aliphatic heterocycles. The number of carboxylic acids is 1. The van der Waals surface area contributed by atoms with E-state index in [0.29, 0.717) is 105 Å². The number of benzene rings is 10. The fourth-order valence-corrected chi connectivity index (χ4v) is 17.3. The molecular weight excluding hydrogens is 2100 g/mol. The van der Waals surface area contributed by atoms with Crippen LogP contribution in [0.5, 0.6) is 34.5 Å². The third kappa shape index (κ3) is 24.8. The number of hydrogen-bond acceptors (Lipinski definition) is 21. The van der Waals surface area contributed by atoms with Crippen LogP contribution in [0.2, 0.25) is 0 Å². The van der Waals surface area contributed by atoms with Gasteiger partial charge in [-0.2, -0.15) is 0 Å². The minimum atomic E-state index is -1.04. The van der Waals surface area contributed by atoms with E-state index in [4.69, 9.17) is 47.7 Å². The summed E-state index contributed by atoms with van der Waals surface area (Å²) in [4.78, 5) is 85.9. The first-order valence-corrected chi connectivity index (χ1v) is 45.2. The van der Waals surface area contributed by atoms with Crippen LogP contribution in [0, 0.1) is 23.3 Å². The highest BCUT2D eigenvalue weighted by atomic mass is 79.9. The molecule has 16 aromatic rings. The van der Waals surface area contributed by atoms with Crippen LogP contribution in [0.1, 0.15) is 124 Å². The molecule has 0 saturated heterocycles. The molecule has 2 N–H and O–H groups in total. The summed E-state index contributed by atoms with van der Waals surface area (Å²) in [7, 11) is 7.59. The first kappa shape index (κ1) is 100.0. The van der Waals surface area contributed by atoms with Crippen molar-refractivity contribution in [2.24, 2.45) is 0 Å². The highest BCUT2D eigenvalue weighted by molar-refractivity contribution is 9.11. The van der Waals surface area contributed by atoms with Crippen molar-refractivity contribution >= 4 is 191 Å². The van der Waals surface area contributed by atoms with Crippen molar-refractivity contribution in [2.75, 3.05) is 62.0 Å². The predicted octanol–water partition coefficient (Wildman–Crippen LogP) is 25.1. The fourth-order valence-electron chi connectivity index (χ4n) is 13.9. The van der Waals surface area contributed by atoms with E-state index >= 15 is 0 Å². The SMILES string of the molecule is CCOC(=O)c1cc(Br)c2cc(Br)cnc2c1OC.CCOC(=O)c1cc(Br)c2cccnc2c1OC.CCOC(=O)c1cc(Cc2ccc(F)cc2)c2cc(Cc3ccc(F)cc3)cnc2c1O.CCOC(=O)c1cc(Cc2ccc(F)cc2)c2cc(Cc3ccc(F)cc3)cnc2c1OC.COc1c(Br)cc(Br)c2cccnc12.COc1c(C(=O)O)cc(Br)c2cccnc12. The number of carboxylic acid groups (broad SMARTS) is 1. The molecule has 0 atom stereocenters. The predicted molar refractivity (Wildman–Crippen MR) is 519 cm³/mol. The lowest BCUT2D eigenvalue weighted by Crippen LogP contribution is -2.09. The molecule has 6 heterocycles. The number of esters is 4. The van der Waals surface area contributed by atoms with Crippen LogP contribution in [0.15, 0.2) is 252 Å². The zero-order valence-electron chi connectivity index (χ0n) is 72.1. The Balaban J connectivity index is 0.000000157. The monoisotopic (exact) mass is 2170 g/mol. The molecule has 0 bridgehead atoms. The summed E-state index contributed by atoms with van der Waals surface area (Å²) < 4.78 is 105. The number of aromatic hydroxyl groups is 1. The highest BCUT2D eigenvalue weighted by Gasteiger charge is 2.26. The van der Waals surface area contributed by atoms with Crippen molar-refractivity contribution in [2.45, 2.75) is 53.4 Å². The van der Waals surface area contributed by atoms with Crippen molar-refractivity contribution in [1.82, 2.24) is 29.9 Å². The van der Waals surface area contributed by atoms with Crippen LogP contribution >= 0.6 is 95.6 Å². The average molecular weight is 2180 g/mol. The molecule has 10 aromatic carbocycles. The lowest BCUT2D eigenvalue weighted by atomic mass is 9.95. The first-order valence-electron chi connectivity index (χ1n) is 40.4. The Morgan fingerprint density at radius 2 is 0.598 bits per heavy atom. The van der Waals surface area contributed by atoms with Gasteiger partial charge >= 0.3 is 29.8 Å². The molecule has 0 fully saturated rings. The second-order valence-electron chi connectivity index (χ2n) is 28.4. The summed E-state index contributed by atoms with van der Waals surface area (Å²) in [6.07, 6.45) is 12.0. The van der Waals surface area contributed by atoms with E-state index in [-0.39, 0.29) is 64.6 Å². The normalized spacial score (nSPS) is 10.7. The summed E-state index contributed by atoms with van der Waals surface area (Å²) in [6.45, 7) is 7.99. The summed E-state index contributed by atoms with van der Waals surface area (Å²) in [5.74, 6) is -2.22. The maximum Gasteiger partial charge on any atom is 0.342 e. The number of rotatable bonds is 22. The molecular formula is C100H82Br6F4N6O16. The summed E-state index contributed by atoms with van der Waals surface area (Å²) in [5, 5.41) is 24.9. The van der Waals surface area contributed by atoms with Gasteiger partial charge in [-0.3, -0.25) is 29.9 Å². The largest absolute Gasteiger partial charge is 0.505 e. The maximum atomic E-state index is 13.4. The molecule has 0 unspecified atom stereocenters. The lowest BCUT2D eigenvalue weighted by Gasteiger charge is -2.16. The Kier molecular flexibility index (Phi) is 36.0. The zero-order chi connectivity index (χ0) is 95.0. The minimum Gasteiger partial charge on any atom is -0.505 e. The number of methoxy groups -OCH3 is 5. The number of carbonyl (C=O) groups excluding carboxylic acids is 4. The number of hydrogen-bond donors (Lipinski definition) is 2. The number of phenols is 1. The summed E-state index contributed by atoms with van der Waals surface area (Å²) in [5.41, 5.74) is 11.6. The van der Waals surface area contributed by atoms with Crippen molar-refractivity contribution in [3.05, 3.63) is 348 Å². The van der Waals surface area contributed by atoms with Gasteiger partial charge < -0.3 is 52.8 Å². The second-order valence-corrected chi connectivity index (χ2v) is 33.6. The van der Waals surface area contributed by atoms with Gasteiger partial charge in [0.05, 0.1) is 66.4 Å². The van der Waals surface area contributed by atoms with Gasteiger partial charge in [-0.15, -0.1) is 0 Å². The van der Waals surface area contributed by atoms with Crippen molar-refractivity contribution in [3.63, 3.8) is 0 Å². The van der Waals surface area contributed by atoms with Gasteiger partial charge in [-0.05, 0) is 251 Å². The first-order chi connectivity index (χ1) is 63.6. The van der Waals surface area contributed by atoms with E-state index in [9.17, 15) is 46.6 Å². The zero-order valence-corrected chi connectivity index (χ0v) is 81.6. The number of phenolic OH excluding ortho intramolecular Hbond substituents is 1. The number of carbonyl (C=O) groups is 5. The molecule has 6 aromatic heterocycles. The molecule has 132 heavy (non-hydrogen) atoms. The van der Waals surface area contributed by atoms with E-state index in [2.05, 4.69) is 125 Å². The van der Waals surface area contributed by atoms with Gasteiger partial charge in [0, 0.05) is 91.9 Å². The molecule has 22 nitrogen and oxygen atoms in total. The molecule has 0 radical (unpaired) electrons. The highest BCUT2D eigenvalue weighted by Crippen LogP contribution is 2.42. The van der Waals surface area contributed by atoms with Gasteiger partial charge in [0.2, 0.25) is 0 Å². The van der Waals surface area contributed by atoms with Gasteiger partial charge in [0.15, 0.2) is 34.5 Å². The number of pyridine rings is 6. The Morgan fingerprint density at radius 1 is 0.303 bits per heavy atom. The van der Waals surface area contributed by atoms with Gasteiger partial charge in [-0.1, -0.05) is 130 Å². The van der Waals surface area contributed by atoms with Crippen LogP contribution in [0.25, 0.3) is 65.4 Å². The number of fused-ring (bicyclic) bond motifs is 6. The molecule has 32 heteroatoms. The Bertz CT molecular complexity index is 6920. The van der Waals surface area contributed by atoms with Crippen molar-refractivity contribution in [3.8, 4) is 34.5 Å². The third-order valence-electron chi connectivity index (χ3n) is 19.8. The Labute approximate surface area is 806 Å². The number of aromatic carboxylic acids is 1. The van der Waals surface area contributed by atoms with Crippen LogP contribution < -0.4 is 23.7 Å². The molecule has 0 aliphatic carbocycles. The number of nitrogens with zero attached hydrogens (tertiary/aromatic N) is 6. The van der Waals surface area contributed by atoms with Gasteiger partial charge in [0.25, 0.3) is 0 Å². The minimum absolute atomic E-state index is 0.0373. The standard InChI is InChI=1S/C27H23F2NO3.C26H21F2NO3.C13H11Br2NO3.C13H12BrNO3.C11H8BrNO3.C10H7Br2NO/c1-3-33-27(31)24-15-20(13-18-6-10-22(29)11-7-18)23-14-19(16-30-25(23)26(24)32-2)12-17-4-8-21(28)9-5-17;1-2-32-26(31)23-14-19(12-17-5-9-21(28)10-6-17)22-13-18(15-29-24(22)25(23)30)11-16-3-7-20(27)8-4-16;1-3-19-13(17)9-5-10(15)8-4-7(14)6-16-11(8)12(9)18-2;1-3-18-13(16)9-7-10(14)8-5-4-6-15-11(8)12(9)17-2;1-16-10-7(11(14)15)5-8(12)6-3-2-4-13-9(6)10;1-14-10-8(12)5-7(11)6-3-2-4-13-9(6)10/h4-11,14-16H,3,12-13H2,1-2H3;3-10,13-15,30H,2,11-12H2,1H3;4-6H,3H2,1-2H3;4-7H,3H2,1-2H3;2-5H,1H3,(H,14,15);2-5H,1H3. The van der Waals surface area contributed by atoms with Crippen molar-refractivity contribution in [1.29, 1.82) is 0 Å². The maximum absolute atomic E-state index is 13.4. The van der Waals surface area contributed by atoms with Crippen molar-refractivity contribution < 1.29 is 94.4 Å². The van der Waals surface area contributed by atoms with E-state index in [1.54, 1.807) is 151 Å². The fraction of sp³-hybridized carbons (Fsp3) is 0.170. The summed E-state index contributed by atoms with van der Waals surface area (Å²) >= 11 is 20.5. The van der Waals surface area contributed by atoms with Gasteiger partial charge in [0.1, 0.15) is 84.2 Å². The summed E-state index contributed by atoms with van der Waals surface area (Å²) in [6, 6.07) is 52.2. The smallest absolute Gasteiger partial charge is 0.342 e. The quantitative estimate of drug-likeness (QED) is 0.0362. The third-order valence-corrected chi connectivity index (χ3v) is 23.5. The van der Waals surface area contributed by atoms with Gasteiger partial charge in [-0.25, -0.2) is 41.5 Å². The van der Waals surface area contributed by atoms with Crippen LogP contribution in [0.3, 0.4) is 0 Å². The van der Waals surface area contributed by atoms with E-state index in [0.717, 1.165) is 105 Å². The number of halogens is 10. The van der Waals surface area contributed by atoms with Crippen LogP contribution in [-0.4, -0.2) is 132 Å². The number of aromatic nitrogens is 6. The lowest BCUT2D eigenvalue weighted by molar-refractivity contribution is 0.0513. The number of ether oxygens (including phenoxy) is 9. The van der Waals surface area contributed by atoms with E-state index < -0.39 is 29.8 Å².